The topological polar surface area (TPSA) is 35.2 Å². The van der Waals surface area contributed by atoms with Crippen LogP contribution in [-0.2, 0) is 4.74 Å². The lowest BCUT2D eigenvalue weighted by molar-refractivity contribution is 0.128. The molecular formula is C15H22FNOS. The number of halogens is 1. The predicted molar refractivity (Wildman–Crippen MR) is 78.8 cm³/mol. The highest BCUT2D eigenvalue weighted by Crippen LogP contribution is 2.34. The molecule has 0 aromatic heterocycles. The van der Waals surface area contributed by atoms with Gasteiger partial charge in [-0.1, -0.05) is 19.1 Å². The van der Waals surface area contributed by atoms with Gasteiger partial charge in [0, 0.05) is 23.7 Å². The first kappa shape index (κ1) is 14.8. The van der Waals surface area contributed by atoms with E-state index in [0.29, 0.717) is 6.10 Å². The Bertz CT molecular complexity index is 395. The van der Waals surface area contributed by atoms with Gasteiger partial charge < -0.3 is 10.5 Å². The number of rotatable bonds is 6. The molecule has 2 nitrogen and oxygen atoms in total. The minimum absolute atomic E-state index is 0.0493. The van der Waals surface area contributed by atoms with E-state index < -0.39 is 0 Å². The first-order valence-electron chi connectivity index (χ1n) is 6.95. The fourth-order valence-corrected chi connectivity index (χ4v) is 3.82. The van der Waals surface area contributed by atoms with Gasteiger partial charge in [-0.2, -0.15) is 0 Å². The SMILES string of the molecule is CCC(N)C(SCC1CCCO1)c1cccc(F)c1. The van der Waals surface area contributed by atoms with Gasteiger partial charge in [-0.05, 0) is 37.0 Å². The van der Waals surface area contributed by atoms with E-state index in [2.05, 4.69) is 6.92 Å². The maximum atomic E-state index is 13.4. The number of thioether (sulfide) groups is 1. The number of benzene rings is 1. The number of nitrogens with two attached hydrogens (primary N) is 1. The van der Waals surface area contributed by atoms with Crippen molar-refractivity contribution in [3.63, 3.8) is 0 Å². The van der Waals surface area contributed by atoms with E-state index in [-0.39, 0.29) is 17.1 Å². The molecule has 19 heavy (non-hydrogen) atoms. The smallest absolute Gasteiger partial charge is 0.123 e. The van der Waals surface area contributed by atoms with E-state index >= 15 is 0 Å². The summed E-state index contributed by atoms with van der Waals surface area (Å²) in [6, 6.07) is 6.84. The Morgan fingerprint density at radius 2 is 2.37 bits per heavy atom. The third-order valence-corrected chi connectivity index (χ3v) is 5.07. The van der Waals surface area contributed by atoms with Crippen LogP contribution in [-0.4, -0.2) is 24.5 Å². The molecule has 106 valence electrons. The van der Waals surface area contributed by atoms with Crippen molar-refractivity contribution in [1.82, 2.24) is 0 Å². The van der Waals surface area contributed by atoms with Crippen LogP contribution in [0.3, 0.4) is 0 Å². The van der Waals surface area contributed by atoms with Gasteiger partial charge in [-0.25, -0.2) is 4.39 Å². The van der Waals surface area contributed by atoms with Crippen molar-refractivity contribution in [3.05, 3.63) is 35.6 Å². The summed E-state index contributed by atoms with van der Waals surface area (Å²) in [5.74, 6) is 0.748. The van der Waals surface area contributed by atoms with Crippen LogP contribution in [0.4, 0.5) is 4.39 Å². The molecule has 1 saturated heterocycles. The molecular weight excluding hydrogens is 261 g/mol. The van der Waals surface area contributed by atoms with Gasteiger partial charge in [0.1, 0.15) is 5.82 Å². The molecule has 2 rings (SSSR count). The van der Waals surface area contributed by atoms with E-state index in [4.69, 9.17) is 10.5 Å². The van der Waals surface area contributed by atoms with Crippen molar-refractivity contribution < 1.29 is 9.13 Å². The molecule has 0 aliphatic carbocycles. The first-order valence-corrected chi connectivity index (χ1v) is 8.00. The summed E-state index contributed by atoms with van der Waals surface area (Å²) in [4.78, 5) is 0. The summed E-state index contributed by atoms with van der Waals surface area (Å²) in [7, 11) is 0. The number of ether oxygens (including phenoxy) is 1. The molecule has 1 fully saturated rings. The Labute approximate surface area is 118 Å². The summed E-state index contributed by atoms with van der Waals surface area (Å²) >= 11 is 1.80. The number of hydrogen-bond donors (Lipinski definition) is 1. The van der Waals surface area contributed by atoms with Crippen LogP contribution in [0.25, 0.3) is 0 Å². The molecule has 1 heterocycles. The van der Waals surface area contributed by atoms with Gasteiger partial charge in [0.25, 0.3) is 0 Å². The van der Waals surface area contributed by atoms with E-state index in [1.54, 1.807) is 23.9 Å². The largest absolute Gasteiger partial charge is 0.377 e. The molecule has 0 spiro atoms. The predicted octanol–water partition coefficient (Wildman–Crippen LogP) is 3.52. The lowest BCUT2D eigenvalue weighted by atomic mass is 10.0. The second kappa shape index (κ2) is 7.27. The fraction of sp³-hybridized carbons (Fsp3) is 0.600. The van der Waals surface area contributed by atoms with Crippen molar-refractivity contribution in [2.75, 3.05) is 12.4 Å². The zero-order valence-electron chi connectivity index (χ0n) is 11.3. The Balaban J connectivity index is 2.02. The fourth-order valence-electron chi connectivity index (χ4n) is 2.35. The van der Waals surface area contributed by atoms with E-state index in [9.17, 15) is 4.39 Å². The van der Waals surface area contributed by atoms with Crippen LogP contribution in [0.5, 0.6) is 0 Å². The quantitative estimate of drug-likeness (QED) is 0.867. The van der Waals surface area contributed by atoms with Crippen molar-refractivity contribution >= 4 is 11.8 Å². The third-order valence-electron chi connectivity index (χ3n) is 3.52. The molecule has 0 saturated carbocycles. The standard InChI is InChI=1S/C15H22FNOS/c1-2-14(17)15(11-5-3-6-12(16)9-11)19-10-13-7-4-8-18-13/h3,5-6,9,13-15H,2,4,7-8,10,17H2,1H3. The number of hydrogen-bond acceptors (Lipinski definition) is 3. The average Bonchev–Trinajstić information content (AvgIpc) is 2.92. The Kier molecular flexibility index (Phi) is 5.67. The molecule has 0 radical (unpaired) electrons. The van der Waals surface area contributed by atoms with Crippen molar-refractivity contribution in [2.45, 2.75) is 43.6 Å². The first-order chi connectivity index (χ1) is 9.20. The zero-order valence-corrected chi connectivity index (χ0v) is 12.2. The van der Waals surface area contributed by atoms with Gasteiger partial charge in [-0.15, -0.1) is 11.8 Å². The molecule has 4 heteroatoms. The maximum absolute atomic E-state index is 13.4. The second-order valence-electron chi connectivity index (χ2n) is 5.02. The summed E-state index contributed by atoms with van der Waals surface area (Å²) < 4.78 is 19.0. The molecule has 1 aromatic carbocycles. The van der Waals surface area contributed by atoms with Crippen molar-refractivity contribution in [3.8, 4) is 0 Å². The minimum atomic E-state index is -0.191. The van der Waals surface area contributed by atoms with Crippen LogP contribution in [0, 0.1) is 5.82 Å². The maximum Gasteiger partial charge on any atom is 0.123 e. The molecule has 1 aliphatic heterocycles. The molecule has 0 bridgehead atoms. The van der Waals surface area contributed by atoms with Crippen molar-refractivity contribution in [2.24, 2.45) is 5.73 Å². The third kappa shape index (κ3) is 4.20. The van der Waals surface area contributed by atoms with E-state index in [1.165, 1.54) is 6.07 Å². The lowest BCUT2D eigenvalue weighted by Crippen LogP contribution is -2.27. The van der Waals surface area contributed by atoms with Crippen LogP contribution in [0.2, 0.25) is 0 Å². The zero-order chi connectivity index (χ0) is 13.7. The van der Waals surface area contributed by atoms with Crippen LogP contribution >= 0.6 is 11.8 Å². The summed E-state index contributed by atoms with van der Waals surface area (Å²) in [5, 5.41) is 0.143. The van der Waals surface area contributed by atoms with E-state index in [1.807, 2.05) is 6.07 Å². The molecule has 3 atom stereocenters. The second-order valence-corrected chi connectivity index (χ2v) is 6.19. The normalized spacial score (nSPS) is 22.4. The summed E-state index contributed by atoms with van der Waals surface area (Å²) in [6.45, 7) is 2.94. The summed E-state index contributed by atoms with van der Waals surface area (Å²) in [5.41, 5.74) is 7.18. The summed E-state index contributed by atoms with van der Waals surface area (Å²) in [6.07, 6.45) is 3.50. The molecule has 2 N–H and O–H groups in total. The highest BCUT2D eigenvalue weighted by molar-refractivity contribution is 7.99. The molecule has 1 aliphatic rings. The molecule has 3 unspecified atom stereocenters. The monoisotopic (exact) mass is 283 g/mol. The van der Waals surface area contributed by atoms with E-state index in [0.717, 1.165) is 37.2 Å². The van der Waals surface area contributed by atoms with Crippen LogP contribution < -0.4 is 5.73 Å². The van der Waals surface area contributed by atoms with Crippen molar-refractivity contribution in [1.29, 1.82) is 0 Å². The van der Waals surface area contributed by atoms with Gasteiger partial charge in [0.15, 0.2) is 0 Å². The van der Waals surface area contributed by atoms with Crippen LogP contribution in [0.15, 0.2) is 24.3 Å². The van der Waals surface area contributed by atoms with Gasteiger partial charge >= 0.3 is 0 Å². The van der Waals surface area contributed by atoms with Gasteiger partial charge in [0.05, 0.1) is 6.10 Å². The Morgan fingerprint density at radius 3 is 3.00 bits per heavy atom. The molecule has 0 amide bonds. The Morgan fingerprint density at radius 1 is 1.53 bits per heavy atom. The average molecular weight is 283 g/mol. The van der Waals surface area contributed by atoms with Gasteiger partial charge in [0.2, 0.25) is 0 Å². The van der Waals surface area contributed by atoms with Crippen LogP contribution in [0.1, 0.15) is 37.0 Å². The molecule has 1 aromatic rings. The van der Waals surface area contributed by atoms with Gasteiger partial charge in [-0.3, -0.25) is 0 Å². The lowest BCUT2D eigenvalue weighted by Gasteiger charge is -2.24. The Hall–Kier alpha value is -0.580. The highest BCUT2D eigenvalue weighted by Gasteiger charge is 2.23. The highest BCUT2D eigenvalue weighted by atomic mass is 32.2. The minimum Gasteiger partial charge on any atom is -0.377 e.